The number of rotatable bonds is 6. The van der Waals surface area contributed by atoms with Gasteiger partial charge >= 0.3 is 6.18 Å². The lowest BCUT2D eigenvalue weighted by atomic mass is 10.1. The molecule has 0 spiro atoms. The fourth-order valence-corrected chi connectivity index (χ4v) is 6.94. The van der Waals surface area contributed by atoms with Crippen LogP contribution in [0.3, 0.4) is 0 Å². The van der Waals surface area contributed by atoms with Gasteiger partial charge in [-0.05, 0) is 42.5 Å². The van der Waals surface area contributed by atoms with Gasteiger partial charge in [0, 0.05) is 7.05 Å². The summed E-state index contributed by atoms with van der Waals surface area (Å²) in [5, 5.41) is 16.8. The highest BCUT2D eigenvalue weighted by molar-refractivity contribution is 7.92. The second-order valence-corrected chi connectivity index (χ2v) is 14.4. The maximum Gasteiger partial charge on any atom is 0.396 e. The van der Waals surface area contributed by atoms with Gasteiger partial charge in [0.25, 0.3) is 5.56 Å². The van der Waals surface area contributed by atoms with E-state index in [1.807, 2.05) is 0 Å². The van der Waals surface area contributed by atoms with Gasteiger partial charge in [0.1, 0.15) is 11.3 Å². The number of anilines is 1. The van der Waals surface area contributed by atoms with Crippen molar-refractivity contribution in [1.82, 2.24) is 9.78 Å². The Balaban J connectivity index is 1.69. The molecule has 208 valence electrons. The molecule has 1 aromatic carbocycles. The third-order valence-electron chi connectivity index (χ3n) is 6.80. The van der Waals surface area contributed by atoms with E-state index in [1.165, 1.54) is 19.2 Å². The van der Waals surface area contributed by atoms with Crippen molar-refractivity contribution in [2.24, 2.45) is 10.4 Å². The SMILES string of the molecule is CN(c1ccc2c(c1)S(=O)(=O)CC(c1c(O)c(-c3cccs3)nn(CC3(C(F)(F)F)CC3)c1=O)=N2)S(C)(=O)=O. The summed E-state index contributed by atoms with van der Waals surface area (Å²) >= 11 is 1.12. The van der Waals surface area contributed by atoms with Gasteiger partial charge in [-0.2, -0.15) is 18.3 Å². The highest BCUT2D eigenvalue weighted by atomic mass is 32.2. The Morgan fingerprint density at radius 1 is 1.23 bits per heavy atom. The van der Waals surface area contributed by atoms with Gasteiger partial charge in [-0.25, -0.2) is 21.5 Å². The van der Waals surface area contributed by atoms with Crippen LogP contribution in [0.15, 0.2) is 50.4 Å². The van der Waals surface area contributed by atoms with E-state index in [2.05, 4.69) is 10.1 Å². The normalized spacial score (nSPS) is 17.8. The van der Waals surface area contributed by atoms with Crippen molar-refractivity contribution in [3.8, 4) is 16.3 Å². The zero-order valence-corrected chi connectivity index (χ0v) is 22.9. The maximum atomic E-state index is 13.7. The number of benzene rings is 1. The van der Waals surface area contributed by atoms with Gasteiger partial charge in [-0.15, -0.1) is 11.3 Å². The fraction of sp³-hybridized carbons (Fsp3) is 0.348. The van der Waals surface area contributed by atoms with E-state index in [1.54, 1.807) is 17.5 Å². The van der Waals surface area contributed by atoms with Crippen molar-refractivity contribution in [3.05, 3.63) is 51.6 Å². The largest absolute Gasteiger partial charge is 0.505 e. The predicted octanol–water partition coefficient (Wildman–Crippen LogP) is 3.32. The molecule has 1 N–H and O–H groups in total. The molecule has 2 aromatic heterocycles. The number of hydrogen-bond donors (Lipinski definition) is 1. The molecule has 10 nitrogen and oxygen atoms in total. The maximum absolute atomic E-state index is 13.7. The molecular weight excluding hydrogens is 581 g/mol. The number of aliphatic imine (C=N–C) groups is 1. The Morgan fingerprint density at radius 2 is 1.92 bits per heavy atom. The van der Waals surface area contributed by atoms with Crippen LogP contribution in [0, 0.1) is 5.41 Å². The number of aromatic nitrogens is 2. The second-order valence-electron chi connectivity index (χ2n) is 9.49. The lowest BCUT2D eigenvalue weighted by Gasteiger charge is -2.23. The number of sulfonamides is 1. The summed E-state index contributed by atoms with van der Waals surface area (Å²) in [6, 6.07) is 6.88. The molecule has 1 aliphatic heterocycles. The van der Waals surface area contributed by atoms with Crippen LogP contribution in [-0.4, -0.2) is 62.7 Å². The molecule has 2 aliphatic rings. The molecule has 0 bridgehead atoms. The number of hydrogen-bond acceptors (Lipinski definition) is 9. The zero-order chi connectivity index (χ0) is 28.5. The van der Waals surface area contributed by atoms with E-state index in [-0.39, 0.29) is 40.5 Å². The van der Waals surface area contributed by atoms with E-state index in [4.69, 9.17) is 0 Å². The number of sulfone groups is 1. The molecule has 0 unspecified atom stereocenters. The third-order valence-corrected chi connectivity index (χ3v) is 10.5. The minimum atomic E-state index is -4.59. The molecule has 39 heavy (non-hydrogen) atoms. The Morgan fingerprint density at radius 3 is 2.49 bits per heavy atom. The smallest absolute Gasteiger partial charge is 0.396 e. The molecule has 5 rings (SSSR count). The molecule has 0 amide bonds. The van der Waals surface area contributed by atoms with Crippen molar-refractivity contribution < 1.29 is 35.1 Å². The molecule has 3 aromatic rings. The first-order valence-corrected chi connectivity index (χ1v) is 15.8. The van der Waals surface area contributed by atoms with Crippen LogP contribution in [0.5, 0.6) is 5.75 Å². The first kappa shape index (κ1) is 27.3. The molecule has 16 heteroatoms. The molecule has 1 aliphatic carbocycles. The second kappa shape index (κ2) is 8.89. The summed E-state index contributed by atoms with van der Waals surface area (Å²) in [6.07, 6.45) is -4.02. The Hall–Kier alpha value is -3.24. The van der Waals surface area contributed by atoms with E-state index in [0.29, 0.717) is 9.56 Å². The zero-order valence-electron chi connectivity index (χ0n) is 20.4. The first-order valence-electron chi connectivity index (χ1n) is 11.4. The Bertz CT molecular complexity index is 1790. The average molecular weight is 603 g/mol. The van der Waals surface area contributed by atoms with Gasteiger partial charge in [0.15, 0.2) is 15.6 Å². The van der Waals surface area contributed by atoms with Gasteiger partial charge in [0.2, 0.25) is 10.0 Å². The standard InChI is InChI=1S/C23H21F3N4O6S3/c1-29(38(2,33)34)13-5-6-14-17(10-13)39(35,36)11-15(27-14)18-20(31)19(16-4-3-9-37-16)28-30(21(18)32)12-22(7-8-22)23(24,25)26/h3-6,9-10,31H,7-8,11-12H2,1-2H3. The van der Waals surface area contributed by atoms with Gasteiger partial charge in [-0.1, -0.05) is 6.07 Å². The van der Waals surface area contributed by atoms with Gasteiger partial charge < -0.3 is 5.11 Å². The highest BCUT2D eigenvalue weighted by Crippen LogP contribution is 2.58. The van der Waals surface area contributed by atoms with E-state index >= 15 is 0 Å². The quantitative estimate of drug-likeness (QED) is 0.457. The van der Waals surface area contributed by atoms with Crippen LogP contribution in [-0.2, 0) is 26.4 Å². The number of aromatic hydroxyl groups is 1. The topological polar surface area (TPSA) is 139 Å². The molecule has 0 atom stereocenters. The van der Waals surface area contributed by atoms with Crippen molar-refractivity contribution in [2.75, 3.05) is 23.4 Å². The lowest BCUT2D eigenvalue weighted by Crippen LogP contribution is -2.38. The fourth-order valence-electron chi connectivity index (χ4n) is 4.27. The van der Waals surface area contributed by atoms with Crippen LogP contribution in [0.1, 0.15) is 18.4 Å². The molecule has 1 fully saturated rings. The van der Waals surface area contributed by atoms with Crippen molar-refractivity contribution in [3.63, 3.8) is 0 Å². The predicted molar refractivity (Wildman–Crippen MR) is 139 cm³/mol. The van der Waals surface area contributed by atoms with Gasteiger partial charge in [-0.3, -0.25) is 14.1 Å². The number of fused-ring (bicyclic) bond motifs is 1. The Kier molecular flexibility index (Phi) is 6.23. The van der Waals surface area contributed by atoms with Crippen LogP contribution < -0.4 is 9.86 Å². The number of halogens is 3. The molecule has 0 radical (unpaired) electrons. The summed E-state index contributed by atoms with van der Waals surface area (Å²) in [5.74, 6) is -1.55. The highest BCUT2D eigenvalue weighted by Gasteiger charge is 2.63. The Labute approximate surface area is 225 Å². The van der Waals surface area contributed by atoms with Crippen molar-refractivity contribution in [2.45, 2.75) is 30.5 Å². The van der Waals surface area contributed by atoms with Crippen molar-refractivity contribution >= 4 is 48.3 Å². The van der Waals surface area contributed by atoms with Crippen LogP contribution in [0.2, 0.25) is 0 Å². The minimum Gasteiger partial charge on any atom is -0.505 e. The van der Waals surface area contributed by atoms with Crippen LogP contribution >= 0.6 is 11.3 Å². The number of thiophene rings is 1. The molecule has 0 saturated heterocycles. The number of alkyl halides is 3. The number of nitrogens with zero attached hydrogens (tertiary/aromatic N) is 4. The molecule has 1 saturated carbocycles. The lowest BCUT2D eigenvalue weighted by molar-refractivity contribution is -0.191. The summed E-state index contributed by atoms with van der Waals surface area (Å²) in [6.45, 7) is -0.793. The van der Waals surface area contributed by atoms with Crippen LogP contribution in [0.25, 0.3) is 10.6 Å². The molecule has 3 heterocycles. The average Bonchev–Trinajstić information content (AvgIpc) is 3.43. The first-order chi connectivity index (χ1) is 18.0. The summed E-state index contributed by atoms with van der Waals surface area (Å²) in [5.41, 5.74) is -4.38. The summed E-state index contributed by atoms with van der Waals surface area (Å²) < 4.78 is 93.0. The van der Waals surface area contributed by atoms with Gasteiger partial charge in [0.05, 0.1) is 50.8 Å². The summed E-state index contributed by atoms with van der Waals surface area (Å²) in [4.78, 5) is 17.8. The van der Waals surface area contributed by atoms with Crippen LogP contribution in [0.4, 0.5) is 24.5 Å². The summed E-state index contributed by atoms with van der Waals surface area (Å²) in [7, 11) is -6.66. The van der Waals surface area contributed by atoms with Crippen molar-refractivity contribution in [1.29, 1.82) is 0 Å². The molecular formula is C23H21F3N4O6S3. The van der Waals surface area contributed by atoms with E-state index < -0.39 is 60.6 Å². The monoisotopic (exact) mass is 602 g/mol. The minimum absolute atomic E-state index is 0.0643. The third kappa shape index (κ3) is 4.74. The van der Waals surface area contributed by atoms with E-state index in [9.17, 15) is 39.9 Å². The van der Waals surface area contributed by atoms with E-state index in [0.717, 1.165) is 28.0 Å².